The SMILES string of the molecule is CCC[C@H](C(N)=O)[C@@H](CC(C)C)C(=O)NC1N=C(c2ccccc2)c2ccccc2N(CCC2CCC2)C1=O. The van der Waals surface area contributed by atoms with E-state index in [0.717, 1.165) is 29.7 Å². The standard InChI is InChI=1S/C32H42N4O3/c1-4-11-24(29(33)37)26(20-21(2)3)31(38)35-30-32(39)36(19-18-22-12-10-13-22)27-17-9-8-16-25(27)28(34-30)23-14-6-5-7-15-23/h5-9,14-17,21-22,24,26,30H,4,10-13,18-20H2,1-3H3,(H2,33,37)(H,35,38)/t24-,26+,30?/m0/s1. The van der Waals surface area contributed by atoms with Crippen LogP contribution in [0.4, 0.5) is 5.69 Å². The highest BCUT2D eigenvalue weighted by Crippen LogP contribution is 2.33. The molecule has 1 fully saturated rings. The Labute approximate surface area is 232 Å². The highest BCUT2D eigenvalue weighted by atomic mass is 16.2. The average Bonchev–Trinajstić information content (AvgIpc) is 3.00. The summed E-state index contributed by atoms with van der Waals surface area (Å²) in [7, 11) is 0. The van der Waals surface area contributed by atoms with Gasteiger partial charge in [-0.1, -0.05) is 95.0 Å². The van der Waals surface area contributed by atoms with Gasteiger partial charge in [-0.05, 0) is 37.2 Å². The monoisotopic (exact) mass is 530 g/mol. The Morgan fingerprint density at radius 2 is 1.74 bits per heavy atom. The van der Waals surface area contributed by atoms with Crippen molar-refractivity contribution in [2.75, 3.05) is 11.4 Å². The topological polar surface area (TPSA) is 105 Å². The number of amides is 3. The second kappa shape index (κ2) is 13.0. The van der Waals surface area contributed by atoms with Crippen LogP contribution in [0.25, 0.3) is 0 Å². The molecule has 1 heterocycles. The normalized spacial score (nSPS) is 19.0. The van der Waals surface area contributed by atoms with Gasteiger partial charge in [0.1, 0.15) is 0 Å². The van der Waals surface area contributed by atoms with Gasteiger partial charge in [0.2, 0.25) is 18.0 Å². The van der Waals surface area contributed by atoms with Gasteiger partial charge >= 0.3 is 0 Å². The van der Waals surface area contributed by atoms with Crippen LogP contribution in [0.2, 0.25) is 0 Å². The van der Waals surface area contributed by atoms with Crippen LogP contribution in [0, 0.1) is 23.7 Å². The first kappa shape index (κ1) is 28.5. The summed E-state index contributed by atoms with van der Waals surface area (Å²) >= 11 is 0. The van der Waals surface area contributed by atoms with Gasteiger partial charge in [0.15, 0.2) is 0 Å². The van der Waals surface area contributed by atoms with E-state index >= 15 is 0 Å². The molecule has 1 saturated carbocycles. The predicted octanol–water partition coefficient (Wildman–Crippen LogP) is 5.07. The summed E-state index contributed by atoms with van der Waals surface area (Å²) in [6.45, 7) is 6.58. The summed E-state index contributed by atoms with van der Waals surface area (Å²) in [6.07, 6.45) is 5.20. The predicted molar refractivity (Wildman–Crippen MR) is 155 cm³/mol. The molecule has 7 heteroatoms. The number of primary amides is 1. The highest BCUT2D eigenvalue weighted by molar-refractivity contribution is 6.20. The summed E-state index contributed by atoms with van der Waals surface area (Å²) in [6, 6.07) is 17.6. The largest absolute Gasteiger partial charge is 0.369 e. The van der Waals surface area contributed by atoms with Crippen molar-refractivity contribution in [2.24, 2.45) is 34.4 Å². The highest BCUT2D eigenvalue weighted by Gasteiger charge is 2.38. The molecular weight excluding hydrogens is 488 g/mol. The molecule has 2 aliphatic rings. The van der Waals surface area contributed by atoms with E-state index in [0.29, 0.717) is 31.0 Å². The Hall–Kier alpha value is -3.48. The number of para-hydroxylation sites is 1. The van der Waals surface area contributed by atoms with Gasteiger partial charge in [0, 0.05) is 29.5 Å². The number of aliphatic imine (C=N–C) groups is 1. The number of hydrogen-bond donors (Lipinski definition) is 2. The Kier molecular flexibility index (Phi) is 9.54. The van der Waals surface area contributed by atoms with Gasteiger partial charge in [0.05, 0.1) is 11.4 Å². The number of benzene rings is 2. The minimum Gasteiger partial charge on any atom is -0.369 e. The van der Waals surface area contributed by atoms with Gasteiger partial charge < -0.3 is 16.0 Å². The molecule has 1 unspecified atom stereocenters. The van der Waals surface area contributed by atoms with Crippen molar-refractivity contribution in [3.8, 4) is 0 Å². The van der Waals surface area contributed by atoms with Crippen LogP contribution in [-0.2, 0) is 14.4 Å². The van der Waals surface area contributed by atoms with Crippen LogP contribution in [-0.4, -0.2) is 36.1 Å². The molecule has 4 rings (SSSR count). The molecule has 208 valence electrons. The van der Waals surface area contributed by atoms with Crippen molar-refractivity contribution in [3.63, 3.8) is 0 Å². The molecule has 1 aliphatic carbocycles. The van der Waals surface area contributed by atoms with Gasteiger partial charge in [-0.25, -0.2) is 4.99 Å². The van der Waals surface area contributed by atoms with Gasteiger partial charge in [0.25, 0.3) is 5.91 Å². The Morgan fingerprint density at radius 1 is 1.05 bits per heavy atom. The second-order valence-electron chi connectivity index (χ2n) is 11.4. The molecule has 2 aromatic rings. The first-order valence-corrected chi connectivity index (χ1v) is 14.4. The molecular formula is C32H42N4O3. The van der Waals surface area contributed by atoms with E-state index in [4.69, 9.17) is 10.7 Å². The number of nitrogens with one attached hydrogen (secondary N) is 1. The zero-order valence-corrected chi connectivity index (χ0v) is 23.4. The Bertz CT molecular complexity index is 1190. The lowest BCUT2D eigenvalue weighted by Gasteiger charge is -2.31. The minimum atomic E-state index is -1.11. The molecule has 1 aliphatic heterocycles. The fourth-order valence-corrected chi connectivity index (χ4v) is 5.73. The Morgan fingerprint density at radius 3 is 2.36 bits per heavy atom. The van der Waals surface area contributed by atoms with Crippen LogP contribution in [0.1, 0.15) is 76.8 Å². The van der Waals surface area contributed by atoms with Crippen LogP contribution in [0.5, 0.6) is 0 Å². The number of hydrogen-bond acceptors (Lipinski definition) is 4. The molecule has 2 aromatic carbocycles. The minimum absolute atomic E-state index is 0.177. The number of rotatable bonds is 12. The summed E-state index contributed by atoms with van der Waals surface area (Å²) in [5, 5.41) is 2.96. The molecule has 0 aromatic heterocycles. The van der Waals surface area contributed by atoms with E-state index in [9.17, 15) is 14.4 Å². The lowest BCUT2D eigenvalue weighted by Crippen LogP contribution is -2.51. The molecule has 7 nitrogen and oxygen atoms in total. The maximum Gasteiger partial charge on any atom is 0.272 e. The van der Waals surface area contributed by atoms with E-state index in [1.54, 1.807) is 4.90 Å². The maximum atomic E-state index is 14.1. The molecule has 3 N–H and O–H groups in total. The molecule has 0 bridgehead atoms. The molecule has 3 atom stereocenters. The van der Waals surface area contributed by atoms with E-state index in [1.807, 2.05) is 75.4 Å². The zero-order valence-electron chi connectivity index (χ0n) is 23.4. The van der Waals surface area contributed by atoms with Crippen molar-refractivity contribution in [2.45, 2.75) is 71.9 Å². The zero-order chi connectivity index (χ0) is 27.9. The number of carbonyl (C=O) groups excluding carboxylic acids is 3. The summed E-state index contributed by atoms with van der Waals surface area (Å²) in [5.41, 5.74) is 8.97. The van der Waals surface area contributed by atoms with Gasteiger partial charge in [-0.3, -0.25) is 14.4 Å². The van der Waals surface area contributed by atoms with Crippen molar-refractivity contribution >= 4 is 29.1 Å². The van der Waals surface area contributed by atoms with Crippen molar-refractivity contribution in [1.82, 2.24) is 5.32 Å². The van der Waals surface area contributed by atoms with E-state index in [2.05, 4.69) is 5.32 Å². The van der Waals surface area contributed by atoms with E-state index in [1.165, 1.54) is 19.3 Å². The molecule has 39 heavy (non-hydrogen) atoms. The summed E-state index contributed by atoms with van der Waals surface area (Å²) in [4.78, 5) is 47.0. The van der Waals surface area contributed by atoms with Crippen molar-refractivity contribution in [1.29, 1.82) is 0 Å². The molecule has 0 radical (unpaired) electrons. The number of benzodiazepines with no additional fused rings is 1. The van der Waals surface area contributed by atoms with Crippen molar-refractivity contribution < 1.29 is 14.4 Å². The lowest BCUT2D eigenvalue weighted by atomic mass is 9.81. The van der Waals surface area contributed by atoms with Gasteiger partial charge in [-0.15, -0.1) is 0 Å². The number of carbonyl (C=O) groups is 3. The Balaban J connectivity index is 1.73. The van der Waals surface area contributed by atoms with Crippen LogP contribution >= 0.6 is 0 Å². The fourth-order valence-electron chi connectivity index (χ4n) is 5.73. The van der Waals surface area contributed by atoms with Gasteiger partial charge in [-0.2, -0.15) is 0 Å². The molecule has 0 spiro atoms. The second-order valence-corrected chi connectivity index (χ2v) is 11.4. The molecule has 0 saturated heterocycles. The summed E-state index contributed by atoms with van der Waals surface area (Å²) in [5.74, 6) is -1.50. The lowest BCUT2D eigenvalue weighted by molar-refractivity contribution is -0.136. The number of nitrogens with zero attached hydrogens (tertiary/aromatic N) is 2. The van der Waals surface area contributed by atoms with Crippen LogP contribution < -0.4 is 16.0 Å². The first-order valence-electron chi connectivity index (χ1n) is 14.4. The van der Waals surface area contributed by atoms with Crippen LogP contribution in [0.15, 0.2) is 59.6 Å². The third-order valence-electron chi connectivity index (χ3n) is 8.03. The van der Waals surface area contributed by atoms with E-state index in [-0.39, 0.29) is 17.7 Å². The number of fused-ring (bicyclic) bond motifs is 1. The van der Waals surface area contributed by atoms with Crippen LogP contribution in [0.3, 0.4) is 0 Å². The quantitative estimate of drug-likeness (QED) is 0.400. The summed E-state index contributed by atoms with van der Waals surface area (Å²) < 4.78 is 0. The first-order chi connectivity index (χ1) is 18.8. The third-order valence-corrected chi connectivity index (χ3v) is 8.03. The smallest absolute Gasteiger partial charge is 0.272 e. The third kappa shape index (κ3) is 6.75. The fraction of sp³-hybridized carbons (Fsp3) is 0.500. The maximum absolute atomic E-state index is 14.1. The number of anilines is 1. The molecule has 3 amide bonds. The average molecular weight is 531 g/mol. The van der Waals surface area contributed by atoms with E-state index < -0.39 is 23.9 Å². The number of nitrogens with two attached hydrogens (primary N) is 1. The van der Waals surface area contributed by atoms with Crippen molar-refractivity contribution in [3.05, 3.63) is 65.7 Å².